The Labute approximate surface area is 156 Å². The number of hydrogen-bond donors (Lipinski definition) is 1. The minimum atomic E-state index is -0.152. The number of nitrogens with zero attached hydrogens (tertiary/aromatic N) is 3. The fourth-order valence-corrected chi connectivity index (χ4v) is 3.87. The molecular formula is C20H20N4OS. The van der Waals surface area contributed by atoms with Crippen LogP contribution in [0.5, 0.6) is 0 Å². The predicted molar refractivity (Wildman–Crippen MR) is 105 cm³/mol. The number of aryl methyl sites for hydroxylation is 1. The number of rotatable bonds is 3. The summed E-state index contributed by atoms with van der Waals surface area (Å²) in [6.07, 6.45) is 0.630. The molecule has 0 unspecified atom stereocenters. The zero-order valence-electron chi connectivity index (χ0n) is 14.8. The zero-order chi connectivity index (χ0) is 18.1. The van der Waals surface area contributed by atoms with Crippen LogP contribution in [0.4, 0.5) is 0 Å². The van der Waals surface area contributed by atoms with Crippen molar-refractivity contribution in [2.75, 3.05) is 0 Å². The SMILES string of the molecule is CC[C@H]1N=c2ccccc2=C2C(=O)NC(SCc3ccc(C)cc3)=NN21. The third-order valence-electron chi connectivity index (χ3n) is 4.45. The maximum Gasteiger partial charge on any atom is 0.276 e. The fraction of sp³-hybridized carbons (Fsp3) is 0.250. The van der Waals surface area contributed by atoms with Crippen molar-refractivity contribution < 1.29 is 4.79 Å². The van der Waals surface area contributed by atoms with Crippen molar-refractivity contribution in [2.24, 2.45) is 10.1 Å². The minimum Gasteiger partial charge on any atom is -0.298 e. The molecule has 1 atom stereocenters. The van der Waals surface area contributed by atoms with Crippen molar-refractivity contribution in [3.63, 3.8) is 0 Å². The van der Waals surface area contributed by atoms with Gasteiger partial charge >= 0.3 is 0 Å². The highest BCUT2D eigenvalue weighted by Gasteiger charge is 2.32. The summed E-state index contributed by atoms with van der Waals surface area (Å²) in [4.78, 5) is 17.5. The molecular weight excluding hydrogens is 344 g/mol. The van der Waals surface area contributed by atoms with Gasteiger partial charge in [0, 0.05) is 11.0 Å². The average molecular weight is 364 g/mol. The first kappa shape index (κ1) is 16.8. The quantitative estimate of drug-likeness (QED) is 0.908. The van der Waals surface area contributed by atoms with Gasteiger partial charge in [-0.1, -0.05) is 66.7 Å². The minimum absolute atomic E-state index is 0.118. The Bertz CT molecular complexity index is 997. The van der Waals surface area contributed by atoms with Crippen molar-refractivity contribution in [2.45, 2.75) is 32.2 Å². The van der Waals surface area contributed by atoms with Gasteiger partial charge in [0.2, 0.25) is 0 Å². The first-order valence-corrected chi connectivity index (χ1v) is 9.69. The zero-order valence-corrected chi connectivity index (χ0v) is 15.6. The third-order valence-corrected chi connectivity index (χ3v) is 5.39. The van der Waals surface area contributed by atoms with E-state index in [1.807, 2.05) is 24.3 Å². The Morgan fingerprint density at radius 2 is 1.92 bits per heavy atom. The molecule has 26 heavy (non-hydrogen) atoms. The highest BCUT2D eigenvalue weighted by Crippen LogP contribution is 2.23. The van der Waals surface area contributed by atoms with Crippen molar-refractivity contribution in [3.8, 4) is 0 Å². The summed E-state index contributed by atoms with van der Waals surface area (Å²) in [5.74, 6) is 0.639. The Balaban J connectivity index is 1.65. The topological polar surface area (TPSA) is 57.1 Å². The lowest BCUT2D eigenvalue weighted by atomic mass is 10.1. The molecule has 0 spiro atoms. The molecule has 0 aromatic heterocycles. The van der Waals surface area contributed by atoms with Crippen LogP contribution < -0.4 is 15.9 Å². The van der Waals surface area contributed by atoms with Crippen molar-refractivity contribution in [1.29, 1.82) is 0 Å². The monoisotopic (exact) mass is 364 g/mol. The molecule has 0 saturated carbocycles. The molecule has 1 N–H and O–H groups in total. The highest BCUT2D eigenvalue weighted by molar-refractivity contribution is 8.13. The Hall–Kier alpha value is -2.60. The van der Waals surface area contributed by atoms with Gasteiger partial charge in [0.15, 0.2) is 5.17 Å². The maximum atomic E-state index is 12.8. The number of thioether (sulfide) groups is 1. The lowest BCUT2D eigenvalue weighted by Gasteiger charge is -2.33. The summed E-state index contributed by atoms with van der Waals surface area (Å²) in [5.41, 5.74) is 3.02. The van der Waals surface area contributed by atoms with Crippen LogP contribution in [0, 0.1) is 6.92 Å². The van der Waals surface area contributed by atoms with Crippen LogP contribution in [0.15, 0.2) is 58.6 Å². The van der Waals surface area contributed by atoms with E-state index in [1.165, 1.54) is 22.9 Å². The van der Waals surface area contributed by atoms with E-state index in [2.05, 4.69) is 48.5 Å². The number of hydrogen-bond acceptors (Lipinski definition) is 5. The third kappa shape index (κ3) is 3.12. The first-order valence-electron chi connectivity index (χ1n) is 8.70. The number of amides is 1. The second kappa shape index (κ2) is 6.96. The van der Waals surface area contributed by atoms with Crippen LogP contribution >= 0.6 is 11.8 Å². The van der Waals surface area contributed by atoms with Gasteiger partial charge in [-0.3, -0.25) is 15.1 Å². The van der Waals surface area contributed by atoms with Crippen LogP contribution in [-0.4, -0.2) is 22.2 Å². The second-order valence-electron chi connectivity index (χ2n) is 6.36. The highest BCUT2D eigenvalue weighted by atomic mass is 32.2. The molecule has 2 aromatic carbocycles. The van der Waals surface area contributed by atoms with Crippen molar-refractivity contribution in [1.82, 2.24) is 10.3 Å². The van der Waals surface area contributed by atoms with E-state index in [0.29, 0.717) is 10.9 Å². The van der Waals surface area contributed by atoms with Crippen LogP contribution in [0.2, 0.25) is 0 Å². The number of fused-ring (bicyclic) bond motifs is 2. The molecule has 2 aromatic rings. The smallest absolute Gasteiger partial charge is 0.276 e. The lowest BCUT2D eigenvalue weighted by molar-refractivity contribution is -0.116. The Morgan fingerprint density at radius 1 is 1.15 bits per heavy atom. The van der Waals surface area contributed by atoms with Gasteiger partial charge in [-0.05, 0) is 25.0 Å². The summed E-state index contributed by atoms with van der Waals surface area (Å²) in [5, 5.41) is 11.7. The molecule has 132 valence electrons. The van der Waals surface area contributed by atoms with Crippen molar-refractivity contribution >= 4 is 28.5 Å². The second-order valence-corrected chi connectivity index (χ2v) is 7.33. The predicted octanol–water partition coefficient (Wildman–Crippen LogP) is 2.11. The number of carbonyl (C=O) groups excluding carboxylic acids is 1. The molecule has 4 rings (SSSR count). The Kier molecular flexibility index (Phi) is 4.51. The summed E-state index contributed by atoms with van der Waals surface area (Å²) in [7, 11) is 0. The van der Waals surface area contributed by atoms with Crippen LogP contribution in [0.3, 0.4) is 0 Å². The number of nitrogens with one attached hydrogen (secondary N) is 1. The molecule has 0 aliphatic carbocycles. The summed E-state index contributed by atoms with van der Waals surface area (Å²) >= 11 is 1.53. The van der Waals surface area contributed by atoms with Gasteiger partial charge < -0.3 is 0 Å². The fourth-order valence-electron chi connectivity index (χ4n) is 3.06. The van der Waals surface area contributed by atoms with E-state index in [0.717, 1.165) is 22.7 Å². The molecule has 0 bridgehead atoms. The molecule has 6 heteroatoms. The van der Waals surface area contributed by atoms with Crippen LogP contribution in [0.25, 0.3) is 5.70 Å². The molecule has 0 radical (unpaired) electrons. The van der Waals surface area contributed by atoms with Crippen LogP contribution in [0.1, 0.15) is 24.5 Å². The summed E-state index contributed by atoms with van der Waals surface area (Å²) in [6.45, 7) is 4.13. The van der Waals surface area contributed by atoms with Gasteiger partial charge in [-0.25, -0.2) is 5.01 Å². The first-order chi connectivity index (χ1) is 12.7. The average Bonchev–Trinajstić information content (AvgIpc) is 2.66. The van der Waals surface area contributed by atoms with E-state index < -0.39 is 0 Å². The van der Waals surface area contributed by atoms with E-state index >= 15 is 0 Å². The standard InChI is InChI=1S/C20H20N4OS/c1-3-17-21-16-7-5-4-6-15(16)18-19(25)22-20(23-24(17)18)26-12-14-10-8-13(2)9-11-14/h4-11,17H,3,12H2,1-2H3,(H,22,23,25)/t17-/m0/s1. The normalized spacial score (nSPS) is 18.5. The van der Waals surface area contributed by atoms with E-state index in [4.69, 9.17) is 4.99 Å². The van der Waals surface area contributed by atoms with Gasteiger partial charge in [0.05, 0.1) is 5.36 Å². The number of para-hydroxylation sites is 1. The molecule has 0 saturated heterocycles. The molecule has 1 amide bonds. The largest absolute Gasteiger partial charge is 0.298 e. The lowest BCUT2D eigenvalue weighted by Crippen LogP contribution is -2.52. The molecule has 2 heterocycles. The number of amidine groups is 1. The van der Waals surface area contributed by atoms with E-state index in [-0.39, 0.29) is 12.1 Å². The van der Waals surface area contributed by atoms with E-state index in [9.17, 15) is 4.79 Å². The van der Waals surface area contributed by atoms with Gasteiger partial charge in [0.25, 0.3) is 5.91 Å². The van der Waals surface area contributed by atoms with E-state index in [1.54, 1.807) is 5.01 Å². The number of hydrazone groups is 1. The van der Waals surface area contributed by atoms with Gasteiger partial charge in [-0.15, -0.1) is 5.10 Å². The van der Waals surface area contributed by atoms with Crippen LogP contribution in [-0.2, 0) is 10.5 Å². The molecule has 2 aliphatic heterocycles. The summed E-state index contributed by atoms with van der Waals surface area (Å²) < 4.78 is 0. The van der Waals surface area contributed by atoms with Gasteiger partial charge in [-0.2, -0.15) is 0 Å². The number of benzene rings is 2. The van der Waals surface area contributed by atoms with Crippen molar-refractivity contribution in [3.05, 3.63) is 70.2 Å². The van der Waals surface area contributed by atoms with Gasteiger partial charge in [0.1, 0.15) is 11.9 Å². The maximum absolute atomic E-state index is 12.8. The molecule has 5 nitrogen and oxygen atoms in total. The molecule has 0 fully saturated rings. The Morgan fingerprint density at radius 3 is 2.69 bits per heavy atom. The summed E-state index contributed by atoms with van der Waals surface area (Å²) in [6, 6.07) is 16.1. The molecule has 2 aliphatic rings. The number of carbonyl (C=O) groups is 1.